The van der Waals surface area contributed by atoms with Gasteiger partial charge in [0.2, 0.25) is 0 Å². The van der Waals surface area contributed by atoms with Crippen LogP contribution in [-0.2, 0) is 9.53 Å². The standard InChI is InChI=1S/C23H26N2O4/c1-3-29-23(27)25-15-13-24(14-16-25)22(26)20(18-9-5-4-6-10-18)17-19-11-7-8-12-21(19)28-2/h4-12,17H,3,13-16H2,1-2H3. The van der Waals surface area contributed by atoms with Crippen molar-refractivity contribution in [1.29, 1.82) is 0 Å². The first-order valence-corrected chi connectivity index (χ1v) is 9.75. The quantitative estimate of drug-likeness (QED) is 0.575. The number of hydrogen-bond donors (Lipinski definition) is 0. The molecule has 1 saturated heterocycles. The van der Waals surface area contributed by atoms with Gasteiger partial charge in [0, 0.05) is 37.3 Å². The molecule has 1 aliphatic rings. The summed E-state index contributed by atoms with van der Waals surface area (Å²) in [6.07, 6.45) is 1.54. The number of piperazine rings is 1. The van der Waals surface area contributed by atoms with Gasteiger partial charge in [0.25, 0.3) is 5.91 Å². The van der Waals surface area contributed by atoms with E-state index < -0.39 is 0 Å². The second kappa shape index (κ2) is 9.78. The Balaban J connectivity index is 1.85. The molecule has 0 spiro atoms. The normalized spacial score (nSPS) is 14.5. The van der Waals surface area contributed by atoms with Crippen molar-refractivity contribution in [3.8, 4) is 5.75 Å². The molecule has 29 heavy (non-hydrogen) atoms. The molecule has 152 valence electrons. The molecule has 0 saturated carbocycles. The molecule has 2 amide bonds. The molecule has 0 unspecified atom stereocenters. The minimum absolute atomic E-state index is 0.0642. The molecule has 1 fully saturated rings. The van der Waals surface area contributed by atoms with Crippen LogP contribution in [0, 0.1) is 0 Å². The molecule has 0 aliphatic carbocycles. The first-order valence-electron chi connectivity index (χ1n) is 9.75. The van der Waals surface area contributed by atoms with Crippen molar-refractivity contribution in [2.75, 3.05) is 39.9 Å². The zero-order valence-electron chi connectivity index (χ0n) is 16.8. The van der Waals surface area contributed by atoms with Gasteiger partial charge in [-0.15, -0.1) is 0 Å². The highest BCUT2D eigenvalue weighted by Gasteiger charge is 2.27. The third-order valence-electron chi connectivity index (χ3n) is 4.85. The Bertz CT molecular complexity index is 871. The summed E-state index contributed by atoms with van der Waals surface area (Å²) >= 11 is 0. The van der Waals surface area contributed by atoms with Crippen molar-refractivity contribution in [2.45, 2.75) is 6.92 Å². The van der Waals surface area contributed by atoms with E-state index in [-0.39, 0.29) is 12.0 Å². The average molecular weight is 394 g/mol. The molecule has 1 heterocycles. The van der Waals surface area contributed by atoms with Crippen LogP contribution < -0.4 is 4.74 Å². The molecule has 0 atom stereocenters. The highest BCUT2D eigenvalue weighted by Crippen LogP contribution is 2.26. The Morgan fingerprint density at radius 3 is 2.21 bits per heavy atom. The fourth-order valence-electron chi connectivity index (χ4n) is 3.30. The number of methoxy groups -OCH3 is 1. The first kappa shape index (κ1) is 20.5. The van der Waals surface area contributed by atoms with Crippen molar-refractivity contribution in [3.63, 3.8) is 0 Å². The average Bonchev–Trinajstić information content (AvgIpc) is 2.78. The van der Waals surface area contributed by atoms with Crippen molar-refractivity contribution in [1.82, 2.24) is 9.80 Å². The number of para-hydroxylation sites is 1. The Kier molecular flexibility index (Phi) is 6.89. The highest BCUT2D eigenvalue weighted by molar-refractivity contribution is 6.24. The van der Waals surface area contributed by atoms with Crippen molar-refractivity contribution in [3.05, 3.63) is 65.7 Å². The lowest BCUT2D eigenvalue weighted by Gasteiger charge is -2.34. The van der Waals surface area contributed by atoms with Gasteiger partial charge >= 0.3 is 6.09 Å². The van der Waals surface area contributed by atoms with Gasteiger partial charge in [-0.3, -0.25) is 4.79 Å². The van der Waals surface area contributed by atoms with E-state index in [0.717, 1.165) is 11.1 Å². The van der Waals surface area contributed by atoms with E-state index in [9.17, 15) is 9.59 Å². The second-order valence-electron chi connectivity index (χ2n) is 6.64. The molecule has 0 N–H and O–H groups in total. The molecule has 0 radical (unpaired) electrons. The maximum Gasteiger partial charge on any atom is 0.409 e. The van der Waals surface area contributed by atoms with Gasteiger partial charge in [0.1, 0.15) is 5.75 Å². The van der Waals surface area contributed by atoms with Gasteiger partial charge in [0.15, 0.2) is 0 Å². The first-order chi connectivity index (χ1) is 14.1. The molecule has 0 aromatic heterocycles. The molecular weight excluding hydrogens is 368 g/mol. The number of amides is 2. The lowest BCUT2D eigenvalue weighted by atomic mass is 10.0. The molecule has 2 aromatic carbocycles. The summed E-state index contributed by atoms with van der Waals surface area (Å²) in [6, 6.07) is 17.2. The van der Waals surface area contributed by atoms with Crippen LogP contribution in [-0.4, -0.2) is 61.7 Å². The van der Waals surface area contributed by atoms with Gasteiger partial charge in [-0.25, -0.2) is 4.79 Å². The van der Waals surface area contributed by atoms with E-state index in [1.165, 1.54) is 0 Å². The molecule has 3 rings (SSSR count). The number of carbonyl (C=O) groups is 2. The second-order valence-corrected chi connectivity index (χ2v) is 6.64. The van der Waals surface area contributed by atoms with E-state index in [4.69, 9.17) is 9.47 Å². The monoisotopic (exact) mass is 394 g/mol. The molecule has 0 bridgehead atoms. The highest BCUT2D eigenvalue weighted by atomic mass is 16.6. The maximum absolute atomic E-state index is 13.4. The molecule has 6 heteroatoms. The number of benzene rings is 2. The minimum Gasteiger partial charge on any atom is -0.496 e. The van der Waals surface area contributed by atoms with Crippen LogP contribution in [0.3, 0.4) is 0 Å². The molecule has 2 aromatic rings. The van der Waals surface area contributed by atoms with Gasteiger partial charge in [-0.1, -0.05) is 48.5 Å². The summed E-state index contributed by atoms with van der Waals surface area (Å²) in [6.45, 7) is 3.98. The van der Waals surface area contributed by atoms with Crippen LogP contribution in [0.15, 0.2) is 54.6 Å². The zero-order valence-corrected chi connectivity index (χ0v) is 16.8. The SMILES string of the molecule is CCOC(=O)N1CCN(C(=O)C(=Cc2ccccc2OC)c2ccccc2)CC1. The minimum atomic E-state index is -0.326. The van der Waals surface area contributed by atoms with Gasteiger partial charge in [-0.05, 0) is 24.6 Å². The Morgan fingerprint density at radius 2 is 1.55 bits per heavy atom. The van der Waals surface area contributed by atoms with Gasteiger partial charge in [0.05, 0.1) is 13.7 Å². The van der Waals surface area contributed by atoms with E-state index in [2.05, 4.69) is 0 Å². The van der Waals surface area contributed by atoms with E-state index >= 15 is 0 Å². The predicted molar refractivity (Wildman–Crippen MR) is 112 cm³/mol. The lowest BCUT2D eigenvalue weighted by molar-refractivity contribution is -0.126. The van der Waals surface area contributed by atoms with Crippen molar-refractivity contribution < 1.29 is 19.1 Å². The predicted octanol–water partition coefficient (Wildman–Crippen LogP) is 3.54. The van der Waals surface area contributed by atoms with Crippen LogP contribution in [0.1, 0.15) is 18.1 Å². The number of ether oxygens (including phenoxy) is 2. The van der Waals surface area contributed by atoms with Crippen LogP contribution in [0.5, 0.6) is 5.75 Å². The Morgan fingerprint density at radius 1 is 0.931 bits per heavy atom. The molecule has 1 aliphatic heterocycles. The van der Waals surface area contributed by atoms with Crippen molar-refractivity contribution in [2.24, 2.45) is 0 Å². The molecule has 6 nitrogen and oxygen atoms in total. The summed E-state index contributed by atoms with van der Waals surface area (Å²) in [4.78, 5) is 28.7. The molecular formula is C23H26N2O4. The Hall–Kier alpha value is -3.28. The summed E-state index contributed by atoms with van der Waals surface area (Å²) < 4.78 is 10.5. The number of carbonyl (C=O) groups excluding carboxylic acids is 2. The topological polar surface area (TPSA) is 59.1 Å². The summed E-state index contributed by atoms with van der Waals surface area (Å²) in [7, 11) is 1.62. The summed E-state index contributed by atoms with van der Waals surface area (Å²) in [5.41, 5.74) is 2.28. The third-order valence-corrected chi connectivity index (χ3v) is 4.85. The van der Waals surface area contributed by atoms with Gasteiger partial charge < -0.3 is 19.3 Å². The van der Waals surface area contributed by atoms with E-state index in [1.807, 2.05) is 60.7 Å². The fraction of sp³-hybridized carbons (Fsp3) is 0.304. The van der Waals surface area contributed by atoms with Gasteiger partial charge in [-0.2, -0.15) is 0 Å². The summed E-state index contributed by atoms with van der Waals surface area (Å²) in [5.74, 6) is 0.645. The smallest absolute Gasteiger partial charge is 0.409 e. The van der Waals surface area contributed by atoms with Crippen LogP contribution in [0.4, 0.5) is 4.79 Å². The van der Waals surface area contributed by atoms with Crippen molar-refractivity contribution >= 4 is 23.6 Å². The largest absolute Gasteiger partial charge is 0.496 e. The Labute approximate surface area is 171 Å². The number of nitrogens with zero attached hydrogens (tertiary/aromatic N) is 2. The summed E-state index contributed by atoms with van der Waals surface area (Å²) in [5, 5.41) is 0. The van der Waals surface area contributed by atoms with Crippen LogP contribution in [0.25, 0.3) is 11.6 Å². The van der Waals surface area contributed by atoms with E-state index in [0.29, 0.717) is 44.1 Å². The third kappa shape index (κ3) is 4.96. The number of rotatable bonds is 5. The van der Waals surface area contributed by atoms with Crippen LogP contribution >= 0.6 is 0 Å². The zero-order chi connectivity index (χ0) is 20.6. The van der Waals surface area contributed by atoms with Crippen LogP contribution in [0.2, 0.25) is 0 Å². The number of hydrogen-bond acceptors (Lipinski definition) is 4. The van der Waals surface area contributed by atoms with E-state index in [1.54, 1.807) is 23.8 Å². The lowest BCUT2D eigenvalue weighted by Crippen LogP contribution is -2.50. The maximum atomic E-state index is 13.4. The fourth-order valence-corrected chi connectivity index (χ4v) is 3.30.